The first-order chi connectivity index (χ1) is 14.5. The van der Waals surface area contributed by atoms with Crippen molar-refractivity contribution in [1.82, 2.24) is 30.1 Å². The highest BCUT2D eigenvalue weighted by atomic mass is 35.5. The molecule has 1 saturated heterocycles. The molecule has 8 heteroatoms. The number of halogens is 1. The molecule has 0 aliphatic carbocycles. The smallest absolute Gasteiger partial charge is 0.317 e. The average molecular weight is 429 g/mol. The third-order valence-electron chi connectivity index (χ3n) is 5.69. The maximum absolute atomic E-state index is 12.6. The summed E-state index contributed by atoms with van der Waals surface area (Å²) >= 11 is 6.22. The standard InChI is InChI=1S/C22H29ClN6O/c1-15(23)11-18-16(2)24-12-17(18)14-28-7-9-29(10-8-28)22(30)25-13-21-26-19-5-3-4-6-20(19)27-21/h3-6,12,15,24H,7-11,13-14H2,1-2H3,(H,25,30)(H,26,27). The van der Waals surface area contributed by atoms with Gasteiger partial charge in [0.05, 0.1) is 17.6 Å². The highest BCUT2D eigenvalue weighted by Crippen LogP contribution is 2.20. The van der Waals surface area contributed by atoms with Crippen molar-refractivity contribution in [3.05, 3.63) is 53.1 Å². The van der Waals surface area contributed by atoms with Crippen molar-refractivity contribution in [2.75, 3.05) is 26.2 Å². The molecule has 1 atom stereocenters. The molecule has 3 aromatic rings. The second kappa shape index (κ2) is 9.10. The summed E-state index contributed by atoms with van der Waals surface area (Å²) in [5, 5.41) is 3.10. The van der Waals surface area contributed by atoms with Crippen LogP contribution >= 0.6 is 11.6 Å². The molecule has 1 aliphatic heterocycles. The number of aromatic nitrogens is 3. The van der Waals surface area contributed by atoms with Crippen molar-refractivity contribution < 1.29 is 4.79 Å². The topological polar surface area (TPSA) is 80.1 Å². The summed E-state index contributed by atoms with van der Waals surface area (Å²) in [6.45, 7) is 8.57. The number of alkyl halides is 1. The summed E-state index contributed by atoms with van der Waals surface area (Å²) in [6, 6.07) is 7.83. The number of nitrogens with zero attached hydrogens (tertiary/aromatic N) is 3. The zero-order valence-electron chi connectivity index (χ0n) is 17.5. The van der Waals surface area contributed by atoms with Gasteiger partial charge in [-0.2, -0.15) is 0 Å². The third-order valence-corrected chi connectivity index (χ3v) is 5.84. The van der Waals surface area contributed by atoms with Crippen LogP contribution in [0.4, 0.5) is 4.79 Å². The normalized spacial score (nSPS) is 16.2. The molecule has 7 nitrogen and oxygen atoms in total. The van der Waals surface area contributed by atoms with E-state index in [1.807, 2.05) is 36.1 Å². The Labute approximate surface area is 181 Å². The molecule has 30 heavy (non-hydrogen) atoms. The quantitative estimate of drug-likeness (QED) is 0.526. The van der Waals surface area contributed by atoms with Gasteiger partial charge in [-0.3, -0.25) is 4.90 Å². The van der Waals surface area contributed by atoms with Crippen LogP contribution in [0.2, 0.25) is 0 Å². The van der Waals surface area contributed by atoms with E-state index in [9.17, 15) is 4.79 Å². The van der Waals surface area contributed by atoms with E-state index in [1.54, 1.807) is 0 Å². The van der Waals surface area contributed by atoms with Gasteiger partial charge in [0.25, 0.3) is 0 Å². The summed E-state index contributed by atoms with van der Waals surface area (Å²) in [5.74, 6) is 0.770. The van der Waals surface area contributed by atoms with Crippen molar-refractivity contribution in [3.63, 3.8) is 0 Å². The molecule has 1 aromatic carbocycles. The molecule has 3 heterocycles. The van der Waals surface area contributed by atoms with Crippen LogP contribution in [0.5, 0.6) is 0 Å². The minimum Gasteiger partial charge on any atom is -0.365 e. The molecule has 1 unspecified atom stereocenters. The van der Waals surface area contributed by atoms with Gasteiger partial charge in [-0.15, -0.1) is 11.6 Å². The van der Waals surface area contributed by atoms with Crippen molar-refractivity contribution in [1.29, 1.82) is 0 Å². The van der Waals surface area contributed by atoms with Crippen LogP contribution in [0.15, 0.2) is 30.5 Å². The fourth-order valence-corrected chi connectivity index (χ4v) is 4.18. The van der Waals surface area contributed by atoms with E-state index in [4.69, 9.17) is 11.6 Å². The summed E-state index contributed by atoms with van der Waals surface area (Å²) in [7, 11) is 0. The van der Waals surface area contributed by atoms with Crippen LogP contribution in [-0.4, -0.2) is 62.3 Å². The van der Waals surface area contributed by atoms with Gasteiger partial charge in [0.1, 0.15) is 5.82 Å². The van der Waals surface area contributed by atoms with Gasteiger partial charge in [0, 0.05) is 50.0 Å². The number of amides is 2. The molecule has 4 rings (SSSR count). The van der Waals surface area contributed by atoms with Crippen LogP contribution in [0, 0.1) is 6.92 Å². The fourth-order valence-electron chi connectivity index (χ4n) is 4.03. The number of aryl methyl sites for hydroxylation is 1. The molecule has 0 bridgehead atoms. The minimum atomic E-state index is -0.0377. The molecule has 2 aromatic heterocycles. The Bertz CT molecular complexity index is 969. The van der Waals surface area contributed by atoms with Crippen LogP contribution in [0.3, 0.4) is 0 Å². The zero-order valence-corrected chi connectivity index (χ0v) is 18.3. The molecule has 1 aliphatic rings. The van der Waals surface area contributed by atoms with Crippen molar-refractivity contribution in [3.8, 4) is 0 Å². The predicted octanol–water partition coefficient (Wildman–Crippen LogP) is 3.40. The molecule has 2 amide bonds. The molecule has 0 spiro atoms. The van der Waals surface area contributed by atoms with Gasteiger partial charge in [0.2, 0.25) is 0 Å². The number of hydrogen-bond acceptors (Lipinski definition) is 3. The lowest BCUT2D eigenvalue weighted by molar-refractivity contribution is 0.135. The third kappa shape index (κ3) is 4.79. The van der Waals surface area contributed by atoms with E-state index >= 15 is 0 Å². The first-order valence-electron chi connectivity index (χ1n) is 10.5. The van der Waals surface area contributed by atoms with E-state index in [0.29, 0.717) is 6.54 Å². The largest absolute Gasteiger partial charge is 0.365 e. The lowest BCUT2D eigenvalue weighted by atomic mass is 10.1. The van der Waals surface area contributed by atoms with Crippen LogP contribution in [-0.2, 0) is 19.5 Å². The van der Waals surface area contributed by atoms with Crippen LogP contribution in [0.1, 0.15) is 29.6 Å². The number of carbonyl (C=O) groups excluding carboxylic acids is 1. The van der Waals surface area contributed by atoms with E-state index in [-0.39, 0.29) is 11.4 Å². The second-order valence-corrected chi connectivity index (χ2v) is 8.77. The van der Waals surface area contributed by atoms with Crippen LogP contribution < -0.4 is 5.32 Å². The number of rotatable bonds is 6. The number of aromatic amines is 2. The minimum absolute atomic E-state index is 0.0377. The van der Waals surface area contributed by atoms with Gasteiger partial charge >= 0.3 is 6.03 Å². The Kier molecular flexibility index (Phi) is 6.29. The summed E-state index contributed by atoms with van der Waals surface area (Å²) < 4.78 is 0. The number of H-pyrrole nitrogens is 2. The number of piperazine rings is 1. The Morgan fingerprint density at radius 2 is 2.03 bits per heavy atom. The van der Waals surface area contributed by atoms with Gasteiger partial charge in [-0.05, 0) is 43.5 Å². The second-order valence-electron chi connectivity index (χ2n) is 8.02. The maximum atomic E-state index is 12.6. The predicted molar refractivity (Wildman–Crippen MR) is 120 cm³/mol. The van der Waals surface area contributed by atoms with Crippen molar-refractivity contribution in [2.24, 2.45) is 0 Å². The van der Waals surface area contributed by atoms with Gasteiger partial charge in [-0.1, -0.05) is 12.1 Å². The molecule has 0 radical (unpaired) electrons. The number of benzene rings is 1. The number of carbonyl (C=O) groups is 1. The zero-order chi connectivity index (χ0) is 21.1. The average Bonchev–Trinajstić information content (AvgIpc) is 3.30. The summed E-state index contributed by atoms with van der Waals surface area (Å²) in [4.78, 5) is 27.9. The number of urea groups is 1. The summed E-state index contributed by atoms with van der Waals surface area (Å²) in [6.07, 6.45) is 2.97. The number of fused-ring (bicyclic) bond motifs is 1. The Balaban J connectivity index is 1.26. The highest BCUT2D eigenvalue weighted by molar-refractivity contribution is 6.20. The number of imidazole rings is 1. The first-order valence-corrected chi connectivity index (χ1v) is 10.9. The molecule has 1 fully saturated rings. The molecular weight excluding hydrogens is 400 g/mol. The van der Waals surface area contributed by atoms with E-state index < -0.39 is 0 Å². The lowest BCUT2D eigenvalue weighted by Gasteiger charge is -2.34. The maximum Gasteiger partial charge on any atom is 0.317 e. The van der Waals surface area contributed by atoms with E-state index in [1.165, 1.54) is 16.8 Å². The summed E-state index contributed by atoms with van der Waals surface area (Å²) in [5.41, 5.74) is 5.73. The molecule has 3 N–H and O–H groups in total. The van der Waals surface area contributed by atoms with Crippen molar-refractivity contribution in [2.45, 2.75) is 38.7 Å². The van der Waals surface area contributed by atoms with Crippen molar-refractivity contribution >= 4 is 28.7 Å². The van der Waals surface area contributed by atoms with Crippen LogP contribution in [0.25, 0.3) is 11.0 Å². The van der Waals surface area contributed by atoms with E-state index in [0.717, 1.165) is 56.0 Å². The molecular formula is C22H29ClN6O. The number of para-hydroxylation sites is 2. The van der Waals surface area contributed by atoms with Gasteiger partial charge in [-0.25, -0.2) is 9.78 Å². The monoisotopic (exact) mass is 428 g/mol. The Morgan fingerprint density at radius 3 is 2.77 bits per heavy atom. The SMILES string of the molecule is Cc1[nH]cc(CN2CCN(C(=O)NCc3nc4ccccc4[nH]3)CC2)c1CC(C)Cl. The Hall–Kier alpha value is -2.51. The van der Waals surface area contributed by atoms with E-state index in [2.05, 4.69) is 38.3 Å². The van der Waals surface area contributed by atoms with Gasteiger partial charge < -0.3 is 20.2 Å². The Morgan fingerprint density at radius 1 is 1.27 bits per heavy atom. The number of nitrogens with one attached hydrogen (secondary N) is 3. The molecule has 0 saturated carbocycles. The first kappa shape index (κ1) is 20.8. The molecule has 160 valence electrons. The van der Waals surface area contributed by atoms with Gasteiger partial charge in [0.15, 0.2) is 0 Å². The fraction of sp³-hybridized carbons (Fsp3) is 0.455. The highest BCUT2D eigenvalue weighted by Gasteiger charge is 2.22. The number of hydrogen-bond donors (Lipinski definition) is 3. The lowest BCUT2D eigenvalue weighted by Crippen LogP contribution is -2.51.